The smallest absolute Gasteiger partial charge is 0.227 e. The zero-order valence-corrected chi connectivity index (χ0v) is 11.7. The fourth-order valence-electron chi connectivity index (χ4n) is 3.20. The minimum Gasteiger partial charge on any atom is -0.341 e. The summed E-state index contributed by atoms with van der Waals surface area (Å²) in [6.45, 7) is 3.05. The second-order valence-electron chi connectivity index (χ2n) is 5.64. The number of hydrogen-bond acceptors (Lipinski definition) is 3. The molecule has 0 unspecified atom stereocenters. The predicted octanol–water partition coefficient (Wildman–Crippen LogP) is 1.84. The zero-order valence-electron chi connectivity index (χ0n) is 10.8. The van der Waals surface area contributed by atoms with Gasteiger partial charge in [-0.3, -0.25) is 4.79 Å². The number of amides is 1. The molecule has 3 aliphatic heterocycles. The van der Waals surface area contributed by atoms with Crippen molar-refractivity contribution in [1.82, 2.24) is 9.80 Å². The number of thiophene rings is 1. The summed E-state index contributed by atoms with van der Waals surface area (Å²) in [6.07, 6.45) is 3.12. The van der Waals surface area contributed by atoms with Crippen molar-refractivity contribution in [1.29, 1.82) is 0 Å². The van der Waals surface area contributed by atoms with E-state index in [2.05, 4.69) is 28.3 Å². The lowest BCUT2D eigenvalue weighted by atomic mass is 9.96. The van der Waals surface area contributed by atoms with Crippen molar-refractivity contribution >= 4 is 17.2 Å². The number of likely N-dealkylation sites (N-methyl/N-ethyl adjacent to an activating group) is 1. The van der Waals surface area contributed by atoms with E-state index >= 15 is 0 Å². The molecular formula is C14H20N2OS. The van der Waals surface area contributed by atoms with Gasteiger partial charge in [-0.2, -0.15) is 11.3 Å². The molecule has 0 N–H and O–H groups in total. The van der Waals surface area contributed by atoms with E-state index in [1.807, 2.05) is 5.38 Å². The van der Waals surface area contributed by atoms with Gasteiger partial charge in [0.25, 0.3) is 0 Å². The molecule has 2 atom stereocenters. The maximum absolute atomic E-state index is 12.4. The molecule has 3 fully saturated rings. The molecular weight excluding hydrogens is 244 g/mol. The third-order valence-corrected chi connectivity index (χ3v) is 5.01. The quantitative estimate of drug-likeness (QED) is 0.814. The fraction of sp³-hybridized carbons (Fsp3) is 0.643. The summed E-state index contributed by atoms with van der Waals surface area (Å²) in [7, 11) is 2.20. The molecule has 0 spiro atoms. The van der Waals surface area contributed by atoms with E-state index in [1.54, 1.807) is 11.3 Å². The van der Waals surface area contributed by atoms with Crippen molar-refractivity contribution in [2.45, 2.75) is 25.3 Å². The summed E-state index contributed by atoms with van der Waals surface area (Å²) in [6, 6.07) is 2.64. The first kappa shape index (κ1) is 12.2. The lowest BCUT2D eigenvalue weighted by Gasteiger charge is -2.32. The molecule has 1 aromatic rings. The average molecular weight is 264 g/mol. The summed E-state index contributed by atoms with van der Waals surface area (Å²) in [4.78, 5) is 16.9. The van der Waals surface area contributed by atoms with Crippen LogP contribution >= 0.6 is 11.3 Å². The van der Waals surface area contributed by atoms with Crippen molar-refractivity contribution in [3.63, 3.8) is 0 Å². The van der Waals surface area contributed by atoms with Gasteiger partial charge in [0.1, 0.15) is 0 Å². The van der Waals surface area contributed by atoms with Crippen LogP contribution in [0.2, 0.25) is 0 Å². The van der Waals surface area contributed by atoms with Gasteiger partial charge in [-0.1, -0.05) is 0 Å². The molecule has 18 heavy (non-hydrogen) atoms. The highest BCUT2D eigenvalue weighted by atomic mass is 32.1. The highest BCUT2D eigenvalue weighted by Crippen LogP contribution is 2.27. The first-order chi connectivity index (χ1) is 8.72. The Hall–Kier alpha value is -0.870. The maximum Gasteiger partial charge on any atom is 0.227 e. The van der Waals surface area contributed by atoms with Crippen LogP contribution in [0, 0.1) is 5.92 Å². The van der Waals surface area contributed by atoms with Gasteiger partial charge in [0.05, 0.1) is 6.42 Å². The van der Waals surface area contributed by atoms with Crippen LogP contribution in [-0.2, 0) is 11.2 Å². The molecule has 0 radical (unpaired) electrons. The Kier molecular flexibility index (Phi) is 3.39. The van der Waals surface area contributed by atoms with Gasteiger partial charge in [-0.05, 0) is 48.2 Å². The SMILES string of the molecule is CN1C[C@H]2CC[C@@H]1CN(C(=O)Cc1ccsc1)C2. The molecule has 4 rings (SSSR count). The van der Waals surface area contributed by atoms with Crippen LogP contribution in [0.4, 0.5) is 0 Å². The van der Waals surface area contributed by atoms with Gasteiger partial charge in [0.15, 0.2) is 0 Å². The Balaban J connectivity index is 1.67. The van der Waals surface area contributed by atoms with Crippen LogP contribution in [0.25, 0.3) is 0 Å². The topological polar surface area (TPSA) is 23.6 Å². The number of nitrogens with zero attached hydrogens (tertiary/aromatic N) is 2. The van der Waals surface area contributed by atoms with E-state index < -0.39 is 0 Å². The summed E-state index contributed by atoms with van der Waals surface area (Å²) in [5.74, 6) is 0.987. The van der Waals surface area contributed by atoms with Gasteiger partial charge >= 0.3 is 0 Å². The molecule has 0 aliphatic carbocycles. The normalized spacial score (nSPS) is 28.4. The van der Waals surface area contributed by atoms with Crippen molar-refractivity contribution < 1.29 is 4.79 Å². The lowest BCUT2D eigenvalue weighted by Crippen LogP contribution is -2.42. The summed E-state index contributed by atoms with van der Waals surface area (Å²) in [5, 5.41) is 4.12. The van der Waals surface area contributed by atoms with Crippen molar-refractivity contribution in [2.24, 2.45) is 5.92 Å². The van der Waals surface area contributed by atoms with Crippen LogP contribution in [-0.4, -0.2) is 48.4 Å². The molecule has 3 nitrogen and oxygen atoms in total. The number of carbonyl (C=O) groups is 1. The van der Waals surface area contributed by atoms with Gasteiger partial charge in [0, 0.05) is 25.7 Å². The highest BCUT2D eigenvalue weighted by molar-refractivity contribution is 7.07. The molecule has 1 amide bonds. The van der Waals surface area contributed by atoms with E-state index in [9.17, 15) is 4.79 Å². The number of piperidine rings is 1. The number of rotatable bonds is 2. The van der Waals surface area contributed by atoms with Crippen LogP contribution in [0.3, 0.4) is 0 Å². The van der Waals surface area contributed by atoms with Gasteiger partial charge < -0.3 is 9.80 Å². The molecule has 4 heterocycles. The van der Waals surface area contributed by atoms with Gasteiger partial charge in [0.2, 0.25) is 5.91 Å². The monoisotopic (exact) mass is 264 g/mol. The Labute approximate surface area is 112 Å². The van der Waals surface area contributed by atoms with Crippen molar-refractivity contribution in [3.05, 3.63) is 22.4 Å². The second-order valence-corrected chi connectivity index (χ2v) is 6.42. The van der Waals surface area contributed by atoms with Crippen LogP contribution < -0.4 is 0 Å². The molecule has 3 aliphatic rings. The first-order valence-electron chi connectivity index (χ1n) is 6.71. The predicted molar refractivity (Wildman–Crippen MR) is 73.7 cm³/mol. The third-order valence-electron chi connectivity index (χ3n) is 4.28. The van der Waals surface area contributed by atoms with Crippen LogP contribution in [0.5, 0.6) is 0 Å². The van der Waals surface area contributed by atoms with E-state index in [1.165, 1.54) is 12.8 Å². The van der Waals surface area contributed by atoms with E-state index in [-0.39, 0.29) is 0 Å². The van der Waals surface area contributed by atoms with Crippen molar-refractivity contribution in [2.75, 3.05) is 26.7 Å². The standard InChI is InChI=1S/C14H20N2OS/c1-15-7-12-2-3-13(15)9-16(8-12)14(17)6-11-4-5-18-10-11/h4-5,10,12-13H,2-3,6-9H2,1H3/t12-,13-/m1/s1. The lowest BCUT2D eigenvalue weighted by molar-refractivity contribution is -0.130. The summed E-state index contributed by atoms with van der Waals surface area (Å²) < 4.78 is 0. The van der Waals surface area contributed by atoms with Crippen LogP contribution in [0.15, 0.2) is 16.8 Å². The third kappa shape index (κ3) is 2.45. The fourth-order valence-corrected chi connectivity index (χ4v) is 3.87. The van der Waals surface area contributed by atoms with E-state index in [0.29, 0.717) is 24.3 Å². The Morgan fingerprint density at radius 3 is 3.00 bits per heavy atom. The molecule has 1 aromatic heterocycles. The summed E-state index contributed by atoms with van der Waals surface area (Å²) >= 11 is 1.67. The summed E-state index contributed by atoms with van der Waals surface area (Å²) in [5.41, 5.74) is 1.16. The minimum atomic E-state index is 0.306. The Morgan fingerprint density at radius 1 is 1.39 bits per heavy atom. The number of fused-ring (bicyclic) bond motifs is 4. The number of carbonyl (C=O) groups excluding carboxylic acids is 1. The largest absolute Gasteiger partial charge is 0.341 e. The first-order valence-corrected chi connectivity index (χ1v) is 7.66. The second kappa shape index (κ2) is 5.02. The maximum atomic E-state index is 12.4. The Morgan fingerprint density at radius 2 is 2.28 bits per heavy atom. The van der Waals surface area contributed by atoms with Crippen LogP contribution in [0.1, 0.15) is 18.4 Å². The zero-order chi connectivity index (χ0) is 12.5. The molecule has 3 saturated heterocycles. The molecule has 98 valence electrons. The highest BCUT2D eigenvalue weighted by Gasteiger charge is 2.34. The van der Waals surface area contributed by atoms with E-state index in [0.717, 1.165) is 25.2 Å². The molecule has 0 saturated carbocycles. The van der Waals surface area contributed by atoms with Crippen molar-refractivity contribution in [3.8, 4) is 0 Å². The minimum absolute atomic E-state index is 0.306. The molecule has 2 bridgehead atoms. The molecule has 0 aromatic carbocycles. The average Bonchev–Trinajstić information content (AvgIpc) is 2.69. The number of hydrogen-bond donors (Lipinski definition) is 0. The van der Waals surface area contributed by atoms with Gasteiger partial charge in [-0.25, -0.2) is 0 Å². The van der Waals surface area contributed by atoms with Gasteiger partial charge in [-0.15, -0.1) is 0 Å². The Bertz CT molecular complexity index is 417. The molecule has 4 heteroatoms. The van der Waals surface area contributed by atoms with E-state index in [4.69, 9.17) is 0 Å².